The van der Waals surface area contributed by atoms with Gasteiger partial charge in [-0.15, -0.1) is 48.3 Å². The van der Waals surface area contributed by atoms with Gasteiger partial charge in [-0.3, -0.25) is 4.98 Å². The van der Waals surface area contributed by atoms with E-state index in [1.54, 1.807) is 42.0 Å². The van der Waals surface area contributed by atoms with E-state index < -0.39 is 60.4 Å². The Morgan fingerprint density at radius 1 is 0.544 bits per heavy atom. The Kier molecular flexibility index (Phi) is 8.90. The molecule has 11 rings (SSSR count). The van der Waals surface area contributed by atoms with Gasteiger partial charge in [0.1, 0.15) is 5.82 Å². The van der Waals surface area contributed by atoms with Crippen molar-refractivity contribution in [2.45, 2.75) is 52.4 Å². The van der Waals surface area contributed by atoms with Gasteiger partial charge in [0.05, 0.1) is 19.4 Å². The molecule has 2 aliphatic heterocycles. The number of para-hydroxylation sites is 1. The average molecular weight is 1070 g/mol. The van der Waals surface area contributed by atoms with Crippen LogP contribution in [0.4, 0.5) is 39.9 Å². The standard InChI is InChI=1S/C61H50N5O.Pt/c1-60(2,3)43-27-30-55-57(35-43)64(40-65(55)59-48(41-17-9-7-10-18-41)25-16-26-49(59)42-19-11-8-12-20-42)45-21-15-22-46(37-45)67-47-28-29-52-50-23-13-14-24-51(50)53-39-62-33-32-54(53)66(56(52)38-47)58-36-44(31-34-63-58)61(4,5)6;/h7-36,39-40H,1-6H3;/q-3;/i7D,8D,9D,10D,11D,12D,17D,18D,19D,20D;. The molecule has 0 saturated heterocycles. The third-order valence-electron chi connectivity index (χ3n) is 12.1. The van der Waals surface area contributed by atoms with Crippen LogP contribution in [0.3, 0.4) is 0 Å². The fourth-order valence-corrected chi connectivity index (χ4v) is 8.75. The summed E-state index contributed by atoms with van der Waals surface area (Å²) < 4.78 is 94.8. The molecule has 68 heavy (non-hydrogen) atoms. The number of rotatable bonds is 7. The van der Waals surface area contributed by atoms with Gasteiger partial charge in [0.25, 0.3) is 0 Å². The molecule has 0 fully saturated rings. The summed E-state index contributed by atoms with van der Waals surface area (Å²) in [6.07, 6.45) is 5.49. The van der Waals surface area contributed by atoms with Crippen LogP contribution in [-0.4, -0.2) is 9.97 Å². The van der Waals surface area contributed by atoms with Gasteiger partial charge in [-0.1, -0.05) is 162 Å². The van der Waals surface area contributed by atoms with Gasteiger partial charge in [0.15, 0.2) is 0 Å². The molecule has 6 nitrogen and oxygen atoms in total. The van der Waals surface area contributed by atoms with Gasteiger partial charge >= 0.3 is 0 Å². The normalized spacial score (nSPS) is 14.9. The van der Waals surface area contributed by atoms with E-state index in [1.165, 1.54) is 0 Å². The maximum atomic E-state index is 9.14. The van der Waals surface area contributed by atoms with Gasteiger partial charge in [-0.2, -0.15) is 12.1 Å². The van der Waals surface area contributed by atoms with Gasteiger partial charge in [0.2, 0.25) is 0 Å². The van der Waals surface area contributed by atoms with Gasteiger partial charge < -0.3 is 19.4 Å². The Hall–Kier alpha value is -7.27. The quantitative estimate of drug-likeness (QED) is 0.148. The summed E-state index contributed by atoms with van der Waals surface area (Å²) in [5.41, 5.74) is 9.17. The first-order chi connectivity index (χ1) is 36.6. The number of pyridine rings is 2. The second-order valence-electron chi connectivity index (χ2n) is 18.5. The smallest absolute Gasteiger partial charge is 0.135 e. The van der Waals surface area contributed by atoms with E-state index in [0.717, 1.165) is 44.8 Å². The predicted molar refractivity (Wildman–Crippen MR) is 275 cm³/mol. The molecule has 4 heterocycles. The maximum Gasteiger partial charge on any atom is 0.135 e. The zero-order valence-corrected chi connectivity index (χ0v) is 40.4. The van der Waals surface area contributed by atoms with Crippen molar-refractivity contribution >= 4 is 39.9 Å². The van der Waals surface area contributed by atoms with Gasteiger partial charge in [-0.25, -0.2) is 4.98 Å². The first-order valence-corrected chi connectivity index (χ1v) is 22.1. The first kappa shape index (κ1) is 34.1. The number of hydrogen-bond acceptors (Lipinski definition) is 6. The van der Waals surface area contributed by atoms with Crippen molar-refractivity contribution in [3.8, 4) is 56.0 Å². The van der Waals surface area contributed by atoms with Crippen LogP contribution < -0.4 is 19.4 Å². The molecule has 0 N–H and O–H groups in total. The molecule has 9 aromatic rings. The Labute approximate surface area is 428 Å². The number of hydrogen-bond donors (Lipinski definition) is 0. The van der Waals surface area contributed by atoms with E-state index in [-0.39, 0.29) is 59.8 Å². The summed E-state index contributed by atoms with van der Waals surface area (Å²) in [6, 6.07) is 36.5. The van der Waals surface area contributed by atoms with E-state index in [9.17, 15) is 0 Å². The SMILES string of the molecule is [2H]c1c([2H])c([2H])c(-c2cccc(-c3c([2H])c([2H])c([2H])c([2H])c3[2H])c2N2[CH-]N(c3[c-]c(Oc4[c-]c5c(cc4)-c4ccccc4-c4cnccc4N5c4cc(C(C)(C)C)ccn4)ccc3)c3cc(C(C)(C)C)ccc32)c([2H])c1[2H].[Pt]. The molecule has 0 bridgehead atoms. The minimum absolute atomic E-state index is 0. The molecule has 2 aromatic heterocycles. The van der Waals surface area contributed by atoms with Gasteiger partial charge in [0, 0.05) is 84.9 Å². The molecule has 338 valence electrons. The molecule has 7 heteroatoms. The maximum absolute atomic E-state index is 9.14. The van der Waals surface area contributed by atoms with E-state index in [1.807, 2.05) is 84.0 Å². The van der Waals surface area contributed by atoms with E-state index in [0.29, 0.717) is 34.4 Å². The number of nitrogens with zero attached hydrogens (tertiary/aromatic N) is 5. The monoisotopic (exact) mass is 1070 g/mol. The fourth-order valence-electron chi connectivity index (χ4n) is 8.75. The number of anilines is 7. The van der Waals surface area contributed by atoms with E-state index in [4.69, 9.17) is 23.4 Å². The molecule has 2 aliphatic rings. The third kappa shape index (κ3) is 8.17. The molecular weight excluding hydrogens is 1010 g/mol. The number of ether oxygens (including phenoxy) is 1. The van der Waals surface area contributed by atoms with Crippen molar-refractivity contribution < 1.29 is 39.5 Å². The predicted octanol–water partition coefficient (Wildman–Crippen LogP) is 16.3. The summed E-state index contributed by atoms with van der Waals surface area (Å²) in [4.78, 5) is 15.3. The fraction of sp³-hybridized carbons (Fsp3) is 0.131. The Balaban J connectivity index is 0.00000688. The van der Waals surface area contributed by atoms with Crippen molar-refractivity contribution in [1.29, 1.82) is 0 Å². The second-order valence-corrected chi connectivity index (χ2v) is 18.5. The Morgan fingerprint density at radius 2 is 1.18 bits per heavy atom. The molecule has 0 spiro atoms. The summed E-state index contributed by atoms with van der Waals surface area (Å²) in [5, 5.41) is 0. The van der Waals surface area contributed by atoms with Crippen molar-refractivity contribution in [3.05, 3.63) is 218 Å². The average Bonchev–Trinajstić information content (AvgIpc) is 3.90. The van der Waals surface area contributed by atoms with Crippen LogP contribution >= 0.6 is 0 Å². The van der Waals surface area contributed by atoms with Gasteiger partial charge in [-0.05, 0) is 69.0 Å². The summed E-state index contributed by atoms with van der Waals surface area (Å²) in [5.74, 6) is 1.46. The largest absolute Gasteiger partial charge is 0.509 e. The van der Waals surface area contributed by atoms with Crippen LogP contribution in [0.15, 0.2) is 188 Å². The van der Waals surface area contributed by atoms with E-state index in [2.05, 4.69) is 81.8 Å². The molecule has 0 unspecified atom stereocenters. The minimum atomic E-state index is -0.569. The zero-order chi connectivity index (χ0) is 54.6. The molecule has 0 aliphatic carbocycles. The van der Waals surface area contributed by atoms with Crippen LogP contribution in [0.5, 0.6) is 11.5 Å². The Morgan fingerprint density at radius 3 is 1.87 bits per heavy atom. The summed E-state index contributed by atoms with van der Waals surface area (Å²) >= 11 is 0. The minimum Gasteiger partial charge on any atom is -0.509 e. The Bertz CT molecular complexity index is 3770. The summed E-state index contributed by atoms with van der Waals surface area (Å²) in [6.45, 7) is 14.6. The molecule has 0 saturated carbocycles. The van der Waals surface area contributed by atoms with Crippen molar-refractivity contribution in [2.75, 3.05) is 14.7 Å². The molecular formula is C61H50N5OPt-3. The van der Waals surface area contributed by atoms with Crippen LogP contribution in [0, 0.1) is 18.8 Å². The molecule has 0 radical (unpaired) electrons. The second kappa shape index (κ2) is 17.8. The molecule has 0 atom stereocenters. The van der Waals surface area contributed by atoms with Crippen LogP contribution in [0.25, 0.3) is 44.5 Å². The van der Waals surface area contributed by atoms with Crippen molar-refractivity contribution in [3.63, 3.8) is 0 Å². The first-order valence-electron chi connectivity index (χ1n) is 27.1. The topological polar surface area (TPSA) is 44.7 Å². The number of aromatic nitrogens is 2. The zero-order valence-electron chi connectivity index (χ0n) is 48.2. The van der Waals surface area contributed by atoms with Crippen molar-refractivity contribution in [2.24, 2.45) is 0 Å². The third-order valence-corrected chi connectivity index (χ3v) is 12.1. The number of benzene rings is 7. The van der Waals surface area contributed by atoms with Crippen LogP contribution in [0.1, 0.15) is 66.4 Å². The van der Waals surface area contributed by atoms with Crippen molar-refractivity contribution in [1.82, 2.24) is 9.97 Å². The summed E-state index contributed by atoms with van der Waals surface area (Å²) in [7, 11) is 0. The van der Waals surface area contributed by atoms with Crippen LogP contribution in [0.2, 0.25) is 0 Å². The molecule has 7 aromatic carbocycles. The molecule has 0 amide bonds. The van der Waals surface area contributed by atoms with E-state index >= 15 is 0 Å². The van der Waals surface area contributed by atoms with Crippen LogP contribution in [-0.2, 0) is 31.9 Å². The number of fused-ring (bicyclic) bond motifs is 6.